The Hall–Kier alpha value is -1.13. The molecule has 1 aromatic rings. The van der Waals surface area contributed by atoms with E-state index >= 15 is 0 Å². The molecular weight excluding hydrogens is 228 g/mol. The SMILES string of the molecule is CCOCCN(CC)c1cc(CO)cc(CC)n1. The number of hydrogen-bond donors (Lipinski definition) is 1. The van der Waals surface area contributed by atoms with E-state index in [1.54, 1.807) is 0 Å². The lowest BCUT2D eigenvalue weighted by Crippen LogP contribution is -2.28. The Morgan fingerprint density at radius 2 is 2.06 bits per heavy atom. The van der Waals surface area contributed by atoms with E-state index in [1.165, 1.54) is 0 Å². The summed E-state index contributed by atoms with van der Waals surface area (Å²) in [6, 6.07) is 3.91. The first kappa shape index (κ1) is 14.9. The molecule has 0 amide bonds. The highest BCUT2D eigenvalue weighted by Gasteiger charge is 2.08. The molecule has 0 bridgehead atoms. The van der Waals surface area contributed by atoms with Crippen LogP contribution in [0.1, 0.15) is 32.0 Å². The minimum atomic E-state index is 0.0610. The Labute approximate surface area is 110 Å². The molecule has 1 N–H and O–H groups in total. The summed E-state index contributed by atoms with van der Waals surface area (Å²) < 4.78 is 5.38. The van der Waals surface area contributed by atoms with E-state index in [1.807, 2.05) is 19.1 Å². The molecule has 0 saturated carbocycles. The fraction of sp³-hybridized carbons (Fsp3) is 0.643. The summed E-state index contributed by atoms with van der Waals surface area (Å²) in [5.41, 5.74) is 1.94. The number of aliphatic hydroxyl groups is 1. The lowest BCUT2D eigenvalue weighted by Gasteiger charge is -2.23. The van der Waals surface area contributed by atoms with E-state index in [0.29, 0.717) is 6.61 Å². The highest BCUT2D eigenvalue weighted by Crippen LogP contribution is 2.15. The summed E-state index contributed by atoms with van der Waals surface area (Å²) in [5.74, 6) is 0.931. The summed E-state index contributed by atoms with van der Waals surface area (Å²) in [7, 11) is 0. The Balaban J connectivity index is 2.83. The van der Waals surface area contributed by atoms with E-state index in [-0.39, 0.29) is 6.61 Å². The van der Waals surface area contributed by atoms with Crippen molar-refractivity contribution in [3.63, 3.8) is 0 Å². The van der Waals surface area contributed by atoms with Crippen LogP contribution in [-0.4, -0.2) is 36.4 Å². The highest BCUT2D eigenvalue weighted by atomic mass is 16.5. The molecule has 0 saturated heterocycles. The van der Waals surface area contributed by atoms with E-state index < -0.39 is 0 Å². The zero-order valence-electron chi connectivity index (χ0n) is 11.6. The molecule has 0 atom stereocenters. The molecule has 1 rings (SSSR count). The zero-order valence-corrected chi connectivity index (χ0v) is 11.6. The fourth-order valence-electron chi connectivity index (χ4n) is 1.82. The van der Waals surface area contributed by atoms with Crippen LogP contribution in [0.3, 0.4) is 0 Å². The number of likely N-dealkylation sites (N-methyl/N-ethyl adjacent to an activating group) is 1. The van der Waals surface area contributed by atoms with Crippen molar-refractivity contribution < 1.29 is 9.84 Å². The largest absolute Gasteiger partial charge is 0.392 e. The monoisotopic (exact) mass is 252 g/mol. The number of aromatic nitrogens is 1. The Morgan fingerprint density at radius 1 is 1.28 bits per heavy atom. The highest BCUT2D eigenvalue weighted by molar-refractivity contribution is 5.42. The van der Waals surface area contributed by atoms with E-state index in [0.717, 1.165) is 43.2 Å². The van der Waals surface area contributed by atoms with Crippen molar-refractivity contribution in [2.45, 2.75) is 33.8 Å². The summed E-state index contributed by atoms with van der Waals surface area (Å²) in [6.07, 6.45) is 0.879. The zero-order chi connectivity index (χ0) is 13.4. The number of aryl methyl sites for hydroxylation is 1. The minimum Gasteiger partial charge on any atom is -0.392 e. The van der Waals surface area contributed by atoms with Crippen LogP contribution in [0.4, 0.5) is 5.82 Å². The first-order valence-electron chi connectivity index (χ1n) is 6.68. The van der Waals surface area contributed by atoms with Gasteiger partial charge < -0.3 is 14.7 Å². The first-order chi connectivity index (χ1) is 8.74. The summed E-state index contributed by atoms with van der Waals surface area (Å²) >= 11 is 0. The van der Waals surface area contributed by atoms with Crippen molar-refractivity contribution in [3.8, 4) is 0 Å². The van der Waals surface area contributed by atoms with Gasteiger partial charge in [-0.05, 0) is 38.0 Å². The van der Waals surface area contributed by atoms with Gasteiger partial charge in [-0.2, -0.15) is 0 Å². The van der Waals surface area contributed by atoms with Crippen molar-refractivity contribution in [2.24, 2.45) is 0 Å². The Bertz CT molecular complexity index is 333. The molecule has 0 fully saturated rings. The third kappa shape index (κ3) is 4.27. The van der Waals surface area contributed by atoms with Gasteiger partial charge in [0.2, 0.25) is 0 Å². The van der Waals surface area contributed by atoms with Crippen LogP contribution in [0.25, 0.3) is 0 Å². The maximum atomic E-state index is 9.28. The lowest BCUT2D eigenvalue weighted by molar-refractivity contribution is 0.154. The number of aliphatic hydroxyl groups excluding tert-OH is 1. The maximum Gasteiger partial charge on any atom is 0.129 e. The smallest absolute Gasteiger partial charge is 0.129 e. The molecule has 4 nitrogen and oxygen atoms in total. The van der Waals surface area contributed by atoms with Crippen LogP contribution in [0.2, 0.25) is 0 Å². The van der Waals surface area contributed by atoms with Gasteiger partial charge in [0, 0.05) is 25.4 Å². The second-order valence-corrected chi connectivity index (χ2v) is 4.11. The summed E-state index contributed by atoms with van der Waals surface area (Å²) in [4.78, 5) is 6.78. The summed E-state index contributed by atoms with van der Waals surface area (Å²) in [6.45, 7) is 9.39. The molecule has 0 radical (unpaired) electrons. The quantitative estimate of drug-likeness (QED) is 0.719. The number of pyridine rings is 1. The molecule has 0 spiro atoms. The number of ether oxygens (including phenoxy) is 1. The van der Waals surface area contributed by atoms with E-state index in [4.69, 9.17) is 4.74 Å². The number of hydrogen-bond acceptors (Lipinski definition) is 4. The average Bonchev–Trinajstić information content (AvgIpc) is 2.43. The third-order valence-corrected chi connectivity index (χ3v) is 2.88. The number of anilines is 1. The van der Waals surface area contributed by atoms with Crippen LogP contribution >= 0.6 is 0 Å². The van der Waals surface area contributed by atoms with Gasteiger partial charge in [-0.3, -0.25) is 0 Å². The van der Waals surface area contributed by atoms with Gasteiger partial charge in [-0.1, -0.05) is 6.92 Å². The number of nitrogens with zero attached hydrogens (tertiary/aromatic N) is 2. The molecule has 0 aliphatic rings. The second kappa shape index (κ2) is 8.06. The van der Waals surface area contributed by atoms with Crippen LogP contribution < -0.4 is 4.90 Å². The average molecular weight is 252 g/mol. The van der Waals surface area contributed by atoms with E-state index in [2.05, 4.69) is 23.7 Å². The second-order valence-electron chi connectivity index (χ2n) is 4.11. The van der Waals surface area contributed by atoms with Gasteiger partial charge in [0.1, 0.15) is 5.82 Å². The van der Waals surface area contributed by atoms with Gasteiger partial charge in [0.25, 0.3) is 0 Å². The van der Waals surface area contributed by atoms with Gasteiger partial charge >= 0.3 is 0 Å². The standard InChI is InChI=1S/C14H24N2O2/c1-4-13-9-12(11-17)10-14(15-13)16(5-2)7-8-18-6-3/h9-10,17H,4-8,11H2,1-3H3. The molecule has 4 heteroatoms. The van der Waals surface area contributed by atoms with Crippen molar-refractivity contribution >= 4 is 5.82 Å². The predicted molar refractivity (Wildman–Crippen MR) is 73.9 cm³/mol. The van der Waals surface area contributed by atoms with Gasteiger partial charge in [0.15, 0.2) is 0 Å². The van der Waals surface area contributed by atoms with Crippen molar-refractivity contribution in [3.05, 3.63) is 23.4 Å². The Morgan fingerprint density at radius 3 is 2.61 bits per heavy atom. The molecular formula is C14H24N2O2. The van der Waals surface area contributed by atoms with Gasteiger partial charge in [-0.25, -0.2) is 4.98 Å². The molecule has 1 aromatic heterocycles. The normalized spacial score (nSPS) is 10.7. The van der Waals surface area contributed by atoms with Crippen LogP contribution in [0.15, 0.2) is 12.1 Å². The fourth-order valence-corrected chi connectivity index (χ4v) is 1.82. The molecule has 0 unspecified atom stereocenters. The summed E-state index contributed by atoms with van der Waals surface area (Å²) in [5, 5.41) is 9.28. The van der Waals surface area contributed by atoms with Gasteiger partial charge in [0.05, 0.1) is 13.2 Å². The first-order valence-corrected chi connectivity index (χ1v) is 6.68. The van der Waals surface area contributed by atoms with Crippen molar-refractivity contribution in [2.75, 3.05) is 31.2 Å². The molecule has 102 valence electrons. The van der Waals surface area contributed by atoms with Crippen molar-refractivity contribution in [1.82, 2.24) is 4.98 Å². The predicted octanol–water partition coefficient (Wildman–Crippen LogP) is 2.00. The minimum absolute atomic E-state index is 0.0610. The Kier molecular flexibility index (Phi) is 6.68. The lowest BCUT2D eigenvalue weighted by atomic mass is 10.2. The molecule has 18 heavy (non-hydrogen) atoms. The van der Waals surface area contributed by atoms with Crippen LogP contribution in [0.5, 0.6) is 0 Å². The third-order valence-electron chi connectivity index (χ3n) is 2.88. The van der Waals surface area contributed by atoms with Crippen molar-refractivity contribution in [1.29, 1.82) is 0 Å². The topological polar surface area (TPSA) is 45.6 Å². The molecule has 0 aromatic carbocycles. The molecule has 0 aliphatic heterocycles. The maximum absolute atomic E-state index is 9.28. The van der Waals surface area contributed by atoms with E-state index in [9.17, 15) is 5.11 Å². The molecule has 1 heterocycles. The number of rotatable bonds is 8. The van der Waals surface area contributed by atoms with Gasteiger partial charge in [-0.15, -0.1) is 0 Å². The van der Waals surface area contributed by atoms with Crippen LogP contribution in [0, 0.1) is 0 Å². The molecule has 0 aliphatic carbocycles. The van der Waals surface area contributed by atoms with Crippen LogP contribution in [-0.2, 0) is 17.8 Å².